The van der Waals surface area contributed by atoms with E-state index in [1.165, 1.54) is 17.9 Å². The molecule has 1 N–H and O–H groups in total. The highest BCUT2D eigenvalue weighted by Gasteiger charge is 2.23. The number of thioether (sulfide) groups is 1. The number of carbonyl (C=O) groups excluding carboxylic acids is 2. The van der Waals surface area contributed by atoms with E-state index < -0.39 is 17.9 Å². The van der Waals surface area contributed by atoms with Gasteiger partial charge >= 0.3 is 5.97 Å². The molecule has 1 aromatic rings. The van der Waals surface area contributed by atoms with Crippen LogP contribution in [0.3, 0.4) is 0 Å². The third-order valence-electron chi connectivity index (χ3n) is 2.48. The first-order valence-corrected chi connectivity index (χ1v) is 7.34. The lowest BCUT2D eigenvalue weighted by atomic mass is 10.2. The van der Waals surface area contributed by atoms with Crippen molar-refractivity contribution in [3.05, 3.63) is 16.9 Å². The Morgan fingerprint density at radius 1 is 1.63 bits per heavy atom. The van der Waals surface area contributed by atoms with E-state index in [0.29, 0.717) is 12.1 Å². The molecule has 0 aromatic carbocycles. The SMILES string of the molecule is COC(=O)[C@H](CCSC)NC(=O)c1cc(Cl)nn1C. The maximum atomic E-state index is 12.0. The monoisotopic (exact) mass is 305 g/mol. The van der Waals surface area contributed by atoms with Gasteiger partial charge in [-0.15, -0.1) is 0 Å². The number of ether oxygens (including phenoxy) is 1. The van der Waals surface area contributed by atoms with E-state index in [4.69, 9.17) is 11.6 Å². The Labute approximate surface area is 120 Å². The quantitative estimate of drug-likeness (QED) is 0.797. The summed E-state index contributed by atoms with van der Waals surface area (Å²) >= 11 is 7.30. The first-order chi connectivity index (χ1) is 8.99. The summed E-state index contributed by atoms with van der Waals surface area (Å²) in [5, 5.41) is 6.72. The van der Waals surface area contributed by atoms with Crippen LogP contribution >= 0.6 is 23.4 Å². The Kier molecular flexibility index (Phi) is 6.17. The number of rotatable bonds is 6. The summed E-state index contributed by atoms with van der Waals surface area (Å²) in [6.45, 7) is 0. The topological polar surface area (TPSA) is 73.2 Å². The predicted octanol–water partition coefficient (Wildman–Crippen LogP) is 1.10. The Balaban J connectivity index is 2.75. The van der Waals surface area contributed by atoms with E-state index >= 15 is 0 Å². The Morgan fingerprint density at radius 2 is 2.32 bits per heavy atom. The van der Waals surface area contributed by atoms with Crippen molar-refractivity contribution in [1.29, 1.82) is 0 Å². The van der Waals surface area contributed by atoms with Gasteiger partial charge in [0.2, 0.25) is 0 Å². The smallest absolute Gasteiger partial charge is 0.328 e. The molecule has 0 spiro atoms. The average Bonchev–Trinajstić information content (AvgIpc) is 2.72. The molecule has 1 aromatic heterocycles. The minimum atomic E-state index is -0.668. The van der Waals surface area contributed by atoms with E-state index in [2.05, 4.69) is 15.2 Å². The molecule has 106 valence electrons. The van der Waals surface area contributed by atoms with Gasteiger partial charge in [-0.2, -0.15) is 16.9 Å². The van der Waals surface area contributed by atoms with E-state index in [9.17, 15) is 9.59 Å². The van der Waals surface area contributed by atoms with Crippen molar-refractivity contribution >= 4 is 35.2 Å². The van der Waals surface area contributed by atoms with Crippen molar-refractivity contribution in [2.24, 2.45) is 7.05 Å². The number of nitrogens with one attached hydrogen (secondary N) is 1. The van der Waals surface area contributed by atoms with Crippen molar-refractivity contribution in [3.63, 3.8) is 0 Å². The summed E-state index contributed by atoms with van der Waals surface area (Å²) in [7, 11) is 2.90. The molecule has 1 heterocycles. The first kappa shape index (κ1) is 15.8. The van der Waals surface area contributed by atoms with Crippen LogP contribution in [0.5, 0.6) is 0 Å². The fourth-order valence-electron chi connectivity index (χ4n) is 1.50. The fourth-order valence-corrected chi connectivity index (χ4v) is 2.19. The number of amides is 1. The van der Waals surface area contributed by atoms with E-state index in [1.54, 1.807) is 18.8 Å². The van der Waals surface area contributed by atoms with Crippen LogP contribution in [0.25, 0.3) is 0 Å². The van der Waals surface area contributed by atoms with Crippen LogP contribution in [-0.2, 0) is 16.6 Å². The van der Waals surface area contributed by atoms with Crippen LogP contribution in [-0.4, -0.2) is 46.8 Å². The molecule has 0 saturated heterocycles. The summed E-state index contributed by atoms with van der Waals surface area (Å²) in [6, 6.07) is 0.776. The van der Waals surface area contributed by atoms with Crippen molar-refractivity contribution in [1.82, 2.24) is 15.1 Å². The molecule has 0 aliphatic rings. The number of aromatic nitrogens is 2. The van der Waals surface area contributed by atoms with E-state index in [1.807, 2.05) is 6.26 Å². The summed E-state index contributed by atoms with van der Waals surface area (Å²) in [5.74, 6) is -0.124. The molecule has 8 heteroatoms. The highest BCUT2D eigenvalue weighted by molar-refractivity contribution is 7.98. The van der Waals surface area contributed by atoms with Gasteiger partial charge in [0.05, 0.1) is 7.11 Å². The fraction of sp³-hybridized carbons (Fsp3) is 0.545. The molecule has 0 aliphatic heterocycles. The average molecular weight is 306 g/mol. The standard InChI is InChI=1S/C11H16ClN3O3S/c1-15-8(6-9(12)14-15)10(16)13-7(4-5-19-3)11(17)18-2/h6-7H,4-5H2,1-3H3,(H,13,16)/t7-/m0/s1. The van der Waals surface area contributed by atoms with Crippen LogP contribution in [0.4, 0.5) is 0 Å². The van der Waals surface area contributed by atoms with Crippen molar-refractivity contribution in [3.8, 4) is 0 Å². The van der Waals surface area contributed by atoms with Gasteiger partial charge in [0.15, 0.2) is 5.15 Å². The molecule has 0 radical (unpaired) electrons. The van der Waals surface area contributed by atoms with Gasteiger partial charge in [-0.05, 0) is 18.4 Å². The Bertz CT molecular complexity index is 464. The molecule has 6 nitrogen and oxygen atoms in total. The van der Waals surface area contributed by atoms with Gasteiger partial charge in [0.1, 0.15) is 11.7 Å². The molecular weight excluding hydrogens is 290 g/mol. The number of hydrogen-bond donors (Lipinski definition) is 1. The number of halogens is 1. The second-order valence-electron chi connectivity index (χ2n) is 3.81. The van der Waals surface area contributed by atoms with E-state index in [0.717, 1.165) is 5.75 Å². The second kappa shape index (κ2) is 7.40. The van der Waals surface area contributed by atoms with Crippen LogP contribution in [0.15, 0.2) is 6.07 Å². The maximum Gasteiger partial charge on any atom is 0.328 e. The van der Waals surface area contributed by atoms with Crippen molar-refractivity contribution in [2.45, 2.75) is 12.5 Å². The Hall–Kier alpha value is -1.21. The minimum absolute atomic E-state index is 0.228. The van der Waals surface area contributed by atoms with Crippen LogP contribution in [0.1, 0.15) is 16.9 Å². The molecule has 0 unspecified atom stereocenters. The highest BCUT2D eigenvalue weighted by atomic mass is 35.5. The van der Waals surface area contributed by atoms with Gasteiger partial charge in [0.25, 0.3) is 5.91 Å². The largest absolute Gasteiger partial charge is 0.467 e. The van der Waals surface area contributed by atoms with Gasteiger partial charge < -0.3 is 10.1 Å². The summed E-state index contributed by atoms with van der Waals surface area (Å²) in [4.78, 5) is 23.6. The molecule has 0 saturated carbocycles. The molecule has 1 atom stereocenters. The predicted molar refractivity (Wildman–Crippen MR) is 74.5 cm³/mol. The van der Waals surface area contributed by atoms with Gasteiger partial charge in [-0.1, -0.05) is 11.6 Å². The lowest BCUT2D eigenvalue weighted by molar-refractivity contribution is -0.142. The number of aryl methyl sites for hydroxylation is 1. The third kappa shape index (κ3) is 4.43. The third-order valence-corrected chi connectivity index (χ3v) is 3.31. The lowest BCUT2D eigenvalue weighted by Gasteiger charge is -2.15. The molecular formula is C11H16ClN3O3S. The van der Waals surface area contributed by atoms with Crippen LogP contribution < -0.4 is 5.32 Å². The summed E-state index contributed by atoms with van der Waals surface area (Å²) < 4.78 is 6.03. The molecule has 0 fully saturated rings. The molecule has 1 rings (SSSR count). The van der Waals surface area contributed by atoms with Crippen LogP contribution in [0.2, 0.25) is 5.15 Å². The normalized spacial score (nSPS) is 12.0. The maximum absolute atomic E-state index is 12.0. The number of nitrogens with zero attached hydrogens (tertiary/aromatic N) is 2. The number of methoxy groups -OCH3 is 1. The van der Waals surface area contributed by atoms with Crippen LogP contribution in [0, 0.1) is 0 Å². The lowest BCUT2D eigenvalue weighted by Crippen LogP contribution is -2.42. The number of hydrogen-bond acceptors (Lipinski definition) is 5. The Morgan fingerprint density at radius 3 is 2.79 bits per heavy atom. The molecule has 0 aliphatic carbocycles. The zero-order valence-electron chi connectivity index (χ0n) is 11.0. The minimum Gasteiger partial charge on any atom is -0.467 e. The molecule has 0 bridgehead atoms. The van der Waals surface area contributed by atoms with Gasteiger partial charge in [-0.25, -0.2) is 4.79 Å². The van der Waals surface area contributed by atoms with E-state index in [-0.39, 0.29) is 5.15 Å². The first-order valence-electron chi connectivity index (χ1n) is 5.56. The van der Waals surface area contributed by atoms with Crippen molar-refractivity contribution in [2.75, 3.05) is 19.1 Å². The number of esters is 1. The van der Waals surface area contributed by atoms with Gasteiger partial charge in [0, 0.05) is 13.1 Å². The van der Waals surface area contributed by atoms with Gasteiger partial charge in [-0.3, -0.25) is 9.48 Å². The van der Waals surface area contributed by atoms with Crippen molar-refractivity contribution < 1.29 is 14.3 Å². The number of carbonyl (C=O) groups is 2. The zero-order valence-corrected chi connectivity index (χ0v) is 12.5. The molecule has 1 amide bonds. The summed E-state index contributed by atoms with van der Waals surface area (Å²) in [6.07, 6.45) is 2.43. The zero-order chi connectivity index (χ0) is 14.4. The molecule has 19 heavy (non-hydrogen) atoms. The second-order valence-corrected chi connectivity index (χ2v) is 5.18. The summed E-state index contributed by atoms with van der Waals surface area (Å²) in [5.41, 5.74) is 0.294. The highest BCUT2D eigenvalue weighted by Crippen LogP contribution is 2.09.